The van der Waals surface area contributed by atoms with Crippen LogP contribution in [0.1, 0.15) is 18.9 Å². The maximum atomic E-state index is 5.86. The lowest BCUT2D eigenvalue weighted by Crippen LogP contribution is -2.04. The average Bonchev–Trinajstić information content (AvgIpc) is 2.52. The summed E-state index contributed by atoms with van der Waals surface area (Å²) in [6.07, 6.45) is 2.73. The fraction of sp³-hybridized carbons (Fsp3) is 0.312. The molecule has 2 aromatic rings. The van der Waals surface area contributed by atoms with Crippen LogP contribution in [0.5, 0.6) is 11.5 Å². The molecule has 0 fully saturated rings. The average molecular weight is 272 g/mol. The zero-order chi connectivity index (χ0) is 14.2. The third-order valence-electron chi connectivity index (χ3n) is 2.82. The normalized spacial score (nSPS) is 10.1. The number of para-hydroxylation sites is 2. The summed E-state index contributed by atoms with van der Waals surface area (Å²) in [4.78, 5) is 4.26. The van der Waals surface area contributed by atoms with E-state index in [0.717, 1.165) is 29.3 Å². The Balaban J connectivity index is 2.06. The Morgan fingerprint density at radius 3 is 2.50 bits per heavy atom. The maximum absolute atomic E-state index is 5.86. The fourth-order valence-electron chi connectivity index (χ4n) is 1.84. The molecule has 0 aliphatic carbocycles. The van der Waals surface area contributed by atoms with Gasteiger partial charge < -0.3 is 14.8 Å². The molecule has 0 saturated heterocycles. The molecule has 1 aromatic carbocycles. The molecule has 0 aliphatic heterocycles. The fourth-order valence-corrected chi connectivity index (χ4v) is 1.84. The van der Waals surface area contributed by atoms with Gasteiger partial charge in [-0.05, 0) is 24.6 Å². The highest BCUT2D eigenvalue weighted by atomic mass is 16.5. The van der Waals surface area contributed by atoms with Crippen molar-refractivity contribution in [2.24, 2.45) is 0 Å². The number of rotatable bonds is 7. The molecule has 0 amide bonds. The van der Waals surface area contributed by atoms with Crippen molar-refractivity contribution in [2.75, 3.05) is 19.0 Å². The van der Waals surface area contributed by atoms with Crippen LogP contribution < -0.4 is 14.8 Å². The zero-order valence-corrected chi connectivity index (χ0v) is 11.9. The van der Waals surface area contributed by atoms with Gasteiger partial charge in [-0.3, -0.25) is 0 Å². The summed E-state index contributed by atoms with van der Waals surface area (Å²) in [5.41, 5.74) is 1.01. The monoisotopic (exact) mass is 272 g/mol. The van der Waals surface area contributed by atoms with Crippen LogP contribution in [0.25, 0.3) is 0 Å². The van der Waals surface area contributed by atoms with Gasteiger partial charge in [0.2, 0.25) is 0 Å². The molecule has 0 aliphatic rings. The van der Waals surface area contributed by atoms with Gasteiger partial charge in [0.05, 0.1) is 6.61 Å². The topological polar surface area (TPSA) is 43.4 Å². The van der Waals surface area contributed by atoms with Crippen molar-refractivity contribution < 1.29 is 9.47 Å². The van der Waals surface area contributed by atoms with Crippen molar-refractivity contribution >= 4 is 5.82 Å². The predicted octanol–water partition coefficient (Wildman–Crippen LogP) is 3.49. The van der Waals surface area contributed by atoms with Crippen molar-refractivity contribution in [3.63, 3.8) is 0 Å². The molecule has 4 heteroatoms. The van der Waals surface area contributed by atoms with Gasteiger partial charge in [0.15, 0.2) is 11.5 Å². The van der Waals surface area contributed by atoms with Crippen LogP contribution in [0.4, 0.5) is 5.82 Å². The number of hydrogen-bond acceptors (Lipinski definition) is 4. The summed E-state index contributed by atoms with van der Waals surface area (Å²) in [6, 6.07) is 11.6. The Morgan fingerprint density at radius 2 is 1.80 bits per heavy atom. The molecular formula is C16H20N2O2. The highest BCUT2D eigenvalue weighted by Crippen LogP contribution is 2.27. The van der Waals surface area contributed by atoms with Gasteiger partial charge in [-0.2, -0.15) is 0 Å². The van der Waals surface area contributed by atoms with Crippen LogP contribution in [0.2, 0.25) is 0 Å². The summed E-state index contributed by atoms with van der Waals surface area (Å²) in [7, 11) is 1.85. The first-order chi connectivity index (χ1) is 9.85. The highest BCUT2D eigenvalue weighted by molar-refractivity contribution is 5.44. The molecule has 4 nitrogen and oxygen atoms in total. The number of anilines is 1. The van der Waals surface area contributed by atoms with Crippen LogP contribution in [0.3, 0.4) is 0 Å². The van der Waals surface area contributed by atoms with E-state index in [2.05, 4.69) is 17.2 Å². The van der Waals surface area contributed by atoms with E-state index < -0.39 is 0 Å². The third kappa shape index (κ3) is 3.63. The molecule has 106 valence electrons. The van der Waals surface area contributed by atoms with E-state index in [1.165, 1.54) is 0 Å². The number of nitrogens with zero attached hydrogens (tertiary/aromatic N) is 1. The summed E-state index contributed by atoms with van der Waals surface area (Å²) < 4.78 is 11.5. The second-order valence-electron chi connectivity index (χ2n) is 4.35. The Bertz CT molecular complexity index is 544. The molecule has 2 rings (SSSR count). The molecule has 1 N–H and O–H groups in total. The lowest BCUT2D eigenvalue weighted by Gasteiger charge is -2.13. The van der Waals surface area contributed by atoms with Gasteiger partial charge in [0.25, 0.3) is 0 Å². The molecule has 0 unspecified atom stereocenters. The Morgan fingerprint density at radius 1 is 1.05 bits per heavy atom. The van der Waals surface area contributed by atoms with Crippen LogP contribution in [0.15, 0.2) is 42.6 Å². The van der Waals surface area contributed by atoms with Crippen LogP contribution in [0, 0.1) is 0 Å². The van der Waals surface area contributed by atoms with E-state index in [4.69, 9.17) is 9.47 Å². The maximum Gasteiger partial charge on any atom is 0.161 e. The number of aromatic nitrogens is 1. The van der Waals surface area contributed by atoms with Gasteiger partial charge in [-0.25, -0.2) is 4.98 Å². The van der Waals surface area contributed by atoms with E-state index in [1.807, 2.05) is 43.4 Å². The van der Waals surface area contributed by atoms with Gasteiger partial charge in [0.1, 0.15) is 12.4 Å². The molecular weight excluding hydrogens is 252 g/mol. The Labute approximate surface area is 119 Å². The lowest BCUT2D eigenvalue weighted by molar-refractivity contribution is 0.262. The van der Waals surface area contributed by atoms with E-state index in [-0.39, 0.29) is 0 Å². The summed E-state index contributed by atoms with van der Waals surface area (Å²) >= 11 is 0. The van der Waals surface area contributed by atoms with Crippen molar-refractivity contribution in [1.82, 2.24) is 4.98 Å². The smallest absolute Gasteiger partial charge is 0.161 e. The number of benzene rings is 1. The second kappa shape index (κ2) is 7.38. The summed E-state index contributed by atoms with van der Waals surface area (Å²) in [6.45, 7) is 3.23. The van der Waals surface area contributed by atoms with E-state index in [9.17, 15) is 0 Å². The SMILES string of the molecule is CCCOc1ccccc1OCc1cccnc1NC. The van der Waals surface area contributed by atoms with Crippen molar-refractivity contribution in [2.45, 2.75) is 20.0 Å². The number of ether oxygens (including phenoxy) is 2. The minimum atomic E-state index is 0.455. The molecule has 0 radical (unpaired) electrons. The largest absolute Gasteiger partial charge is 0.490 e. The van der Waals surface area contributed by atoms with Gasteiger partial charge in [-0.1, -0.05) is 25.1 Å². The first-order valence-electron chi connectivity index (χ1n) is 6.81. The molecule has 1 heterocycles. The second-order valence-corrected chi connectivity index (χ2v) is 4.35. The molecule has 20 heavy (non-hydrogen) atoms. The van der Waals surface area contributed by atoms with Crippen molar-refractivity contribution in [3.8, 4) is 11.5 Å². The Hall–Kier alpha value is -2.23. The van der Waals surface area contributed by atoms with E-state index in [0.29, 0.717) is 13.2 Å². The first kappa shape index (κ1) is 14.2. The Kier molecular flexibility index (Phi) is 5.24. The van der Waals surface area contributed by atoms with Gasteiger partial charge in [-0.15, -0.1) is 0 Å². The minimum Gasteiger partial charge on any atom is -0.490 e. The van der Waals surface area contributed by atoms with Crippen LogP contribution >= 0.6 is 0 Å². The van der Waals surface area contributed by atoms with Gasteiger partial charge in [0, 0.05) is 18.8 Å². The number of nitrogens with one attached hydrogen (secondary N) is 1. The van der Waals surface area contributed by atoms with Crippen LogP contribution in [-0.2, 0) is 6.61 Å². The van der Waals surface area contributed by atoms with Crippen molar-refractivity contribution in [1.29, 1.82) is 0 Å². The predicted molar refractivity (Wildman–Crippen MR) is 80.3 cm³/mol. The molecule has 1 aromatic heterocycles. The van der Waals surface area contributed by atoms with E-state index >= 15 is 0 Å². The standard InChI is InChI=1S/C16H20N2O2/c1-3-11-19-14-8-4-5-9-15(14)20-12-13-7-6-10-18-16(13)17-2/h4-10H,3,11-12H2,1-2H3,(H,17,18). The van der Waals surface area contributed by atoms with Crippen molar-refractivity contribution in [3.05, 3.63) is 48.2 Å². The minimum absolute atomic E-state index is 0.455. The van der Waals surface area contributed by atoms with Gasteiger partial charge >= 0.3 is 0 Å². The zero-order valence-electron chi connectivity index (χ0n) is 11.9. The number of hydrogen-bond donors (Lipinski definition) is 1. The summed E-state index contributed by atoms with van der Waals surface area (Å²) in [5.74, 6) is 2.37. The van der Waals surface area contributed by atoms with E-state index in [1.54, 1.807) is 6.20 Å². The quantitative estimate of drug-likeness (QED) is 0.838. The first-order valence-corrected chi connectivity index (χ1v) is 6.81. The lowest BCUT2D eigenvalue weighted by atomic mass is 10.2. The molecule has 0 spiro atoms. The molecule has 0 bridgehead atoms. The van der Waals surface area contributed by atoms with Crippen LogP contribution in [-0.4, -0.2) is 18.6 Å². The number of pyridine rings is 1. The summed E-state index contributed by atoms with van der Waals surface area (Å²) in [5, 5.41) is 3.06. The molecule has 0 atom stereocenters. The highest BCUT2D eigenvalue weighted by Gasteiger charge is 2.06. The third-order valence-corrected chi connectivity index (χ3v) is 2.82. The molecule has 0 saturated carbocycles.